The number of benzene rings is 1. The van der Waals surface area contributed by atoms with Crippen LogP contribution in [0.3, 0.4) is 0 Å². The van der Waals surface area contributed by atoms with Crippen molar-refractivity contribution >= 4 is 15.7 Å². The van der Waals surface area contributed by atoms with Crippen LogP contribution in [-0.4, -0.2) is 41.9 Å². The van der Waals surface area contributed by atoms with Gasteiger partial charge in [0.25, 0.3) is 5.69 Å². The molecule has 2 rings (SSSR count). The fourth-order valence-corrected chi connectivity index (χ4v) is 4.26. The van der Waals surface area contributed by atoms with Crippen LogP contribution >= 0.6 is 0 Å². The van der Waals surface area contributed by atoms with Gasteiger partial charge in [0.1, 0.15) is 0 Å². The van der Waals surface area contributed by atoms with Gasteiger partial charge in [-0.15, -0.1) is 0 Å². The van der Waals surface area contributed by atoms with Gasteiger partial charge in [-0.2, -0.15) is 4.31 Å². The second-order valence-electron chi connectivity index (χ2n) is 5.15. The van der Waals surface area contributed by atoms with Gasteiger partial charge in [0, 0.05) is 24.2 Å². The maximum atomic E-state index is 12.6. The van der Waals surface area contributed by atoms with Crippen LogP contribution in [0.1, 0.15) is 24.8 Å². The second kappa shape index (κ2) is 6.08. The van der Waals surface area contributed by atoms with E-state index in [4.69, 9.17) is 0 Å². The summed E-state index contributed by atoms with van der Waals surface area (Å²) in [6.45, 7) is 1.65. The Morgan fingerprint density at radius 2 is 2.14 bits per heavy atom. The van der Waals surface area contributed by atoms with E-state index in [0.29, 0.717) is 18.5 Å². The van der Waals surface area contributed by atoms with Crippen LogP contribution in [0.4, 0.5) is 5.69 Å². The minimum absolute atomic E-state index is 0.0971. The first-order chi connectivity index (χ1) is 9.87. The Morgan fingerprint density at radius 1 is 1.43 bits per heavy atom. The number of rotatable bonds is 4. The minimum atomic E-state index is -3.83. The summed E-state index contributed by atoms with van der Waals surface area (Å²) >= 11 is 0. The lowest BCUT2D eigenvalue weighted by molar-refractivity contribution is -0.385. The number of aliphatic hydroxyl groups excluding tert-OH is 1. The van der Waals surface area contributed by atoms with Crippen molar-refractivity contribution in [2.75, 3.05) is 13.2 Å². The first kappa shape index (κ1) is 15.9. The normalized spacial score (nSPS) is 20.4. The van der Waals surface area contributed by atoms with Gasteiger partial charge >= 0.3 is 0 Å². The van der Waals surface area contributed by atoms with Crippen molar-refractivity contribution in [2.45, 2.75) is 37.1 Å². The van der Waals surface area contributed by atoms with Gasteiger partial charge < -0.3 is 5.11 Å². The molecule has 0 radical (unpaired) electrons. The van der Waals surface area contributed by atoms with Crippen LogP contribution in [0.2, 0.25) is 0 Å². The summed E-state index contributed by atoms with van der Waals surface area (Å²) < 4.78 is 26.5. The van der Waals surface area contributed by atoms with Gasteiger partial charge in [-0.25, -0.2) is 8.42 Å². The standard InChI is InChI=1S/C13H18N2O5S/c1-10-5-6-12(8-13(10)15(17)18)21(19,20)14-7-3-2-4-11(14)9-16/h5-6,8,11,16H,2-4,7,9H2,1H3. The van der Waals surface area contributed by atoms with Crippen LogP contribution in [-0.2, 0) is 10.0 Å². The summed E-state index contributed by atoms with van der Waals surface area (Å²) in [5.41, 5.74) is 0.199. The molecule has 1 N–H and O–H groups in total. The van der Waals surface area contributed by atoms with E-state index >= 15 is 0 Å². The SMILES string of the molecule is Cc1ccc(S(=O)(=O)N2CCCCC2CO)cc1[N+](=O)[O-]. The highest BCUT2D eigenvalue weighted by molar-refractivity contribution is 7.89. The molecule has 8 heteroatoms. The molecule has 0 saturated carbocycles. The summed E-state index contributed by atoms with van der Waals surface area (Å²) in [7, 11) is -3.83. The summed E-state index contributed by atoms with van der Waals surface area (Å²) in [4.78, 5) is 10.3. The molecule has 0 aromatic heterocycles. The third kappa shape index (κ3) is 3.07. The zero-order valence-electron chi connectivity index (χ0n) is 11.7. The number of hydrogen-bond acceptors (Lipinski definition) is 5. The summed E-state index contributed by atoms with van der Waals surface area (Å²) in [5.74, 6) is 0. The van der Waals surface area contributed by atoms with Gasteiger partial charge in [0.15, 0.2) is 0 Å². The predicted octanol–water partition coefficient (Wildman–Crippen LogP) is 1.44. The van der Waals surface area contributed by atoms with Crippen LogP contribution < -0.4 is 0 Å². The fourth-order valence-electron chi connectivity index (χ4n) is 2.55. The summed E-state index contributed by atoms with van der Waals surface area (Å²) in [6.07, 6.45) is 2.19. The van der Waals surface area contributed by atoms with Crippen molar-refractivity contribution in [3.05, 3.63) is 33.9 Å². The lowest BCUT2D eigenvalue weighted by Gasteiger charge is -2.33. The molecule has 1 saturated heterocycles. The number of nitrogens with zero attached hydrogens (tertiary/aromatic N) is 2. The third-order valence-electron chi connectivity index (χ3n) is 3.77. The second-order valence-corrected chi connectivity index (χ2v) is 7.04. The molecule has 0 spiro atoms. The lowest BCUT2D eigenvalue weighted by atomic mass is 10.1. The smallest absolute Gasteiger partial charge is 0.273 e. The molecule has 1 atom stereocenters. The lowest BCUT2D eigenvalue weighted by Crippen LogP contribution is -2.45. The van der Waals surface area contributed by atoms with E-state index in [2.05, 4.69) is 0 Å². The van der Waals surface area contributed by atoms with Crippen molar-refractivity contribution in [3.63, 3.8) is 0 Å². The van der Waals surface area contributed by atoms with Crippen LogP contribution in [0.5, 0.6) is 0 Å². The maximum absolute atomic E-state index is 12.6. The molecular weight excluding hydrogens is 296 g/mol. The van der Waals surface area contributed by atoms with Crippen LogP contribution in [0, 0.1) is 17.0 Å². The van der Waals surface area contributed by atoms with E-state index < -0.39 is 21.0 Å². The average molecular weight is 314 g/mol. The van der Waals surface area contributed by atoms with E-state index in [-0.39, 0.29) is 17.2 Å². The molecule has 1 unspecified atom stereocenters. The molecule has 1 aliphatic rings. The first-order valence-corrected chi connectivity index (χ1v) is 8.19. The van der Waals surface area contributed by atoms with E-state index in [1.807, 2.05) is 0 Å². The topological polar surface area (TPSA) is 101 Å². The number of aryl methyl sites for hydroxylation is 1. The largest absolute Gasteiger partial charge is 0.395 e. The minimum Gasteiger partial charge on any atom is -0.395 e. The Labute approximate surface area is 123 Å². The molecule has 0 aliphatic carbocycles. The molecule has 21 heavy (non-hydrogen) atoms. The molecule has 1 aromatic carbocycles. The molecule has 1 aromatic rings. The first-order valence-electron chi connectivity index (χ1n) is 6.75. The number of piperidine rings is 1. The molecule has 0 bridgehead atoms. The monoisotopic (exact) mass is 314 g/mol. The highest BCUT2D eigenvalue weighted by Gasteiger charge is 2.34. The number of hydrogen-bond donors (Lipinski definition) is 1. The zero-order valence-corrected chi connectivity index (χ0v) is 12.5. The van der Waals surface area contributed by atoms with Gasteiger partial charge in [-0.1, -0.05) is 12.5 Å². The van der Waals surface area contributed by atoms with Crippen LogP contribution in [0.15, 0.2) is 23.1 Å². The highest BCUT2D eigenvalue weighted by atomic mass is 32.2. The molecular formula is C13H18N2O5S. The van der Waals surface area contributed by atoms with Gasteiger partial charge in [0.05, 0.1) is 16.4 Å². The molecule has 116 valence electrons. The van der Waals surface area contributed by atoms with E-state index in [1.54, 1.807) is 6.92 Å². The Morgan fingerprint density at radius 3 is 2.76 bits per heavy atom. The summed E-state index contributed by atoms with van der Waals surface area (Å²) in [5, 5.41) is 20.3. The predicted molar refractivity (Wildman–Crippen MR) is 76.5 cm³/mol. The molecule has 1 aliphatic heterocycles. The van der Waals surface area contributed by atoms with E-state index in [0.717, 1.165) is 18.9 Å². The maximum Gasteiger partial charge on any atom is 0.273 e. The van der Waals surface area contributed by atoms with Crippen molar-refractivity contribution in [1.82, 2.24) is 4.31 Å². The molecule has 1 heterocycles. The Kier molecular flexibility index (Phi) is 4.60. The average Bonchev–Trinajstić information content (AvgIpc) is 2.47. The van der Waals surface area contributed by atoms with Crippen molar-refractivity contribution < 1.29 is 18.4 Å². The Bertz CT molecular complexity index is 644. The number of nitro groups is 1. The molecule has 0 amide bonds. The van der Waals surface area contributed by atoms with Gasteiger partial charge in [-0.3, -0.25) is 10.1 Å². The summed E-state index contributed by atoms with van der Waals surface area (Å²) in [6, 6.07) is 3.45. The Balaban J connectivity index is 2.43. The molecule has 7 nitrogen and oxygen atoms in total. The number of aliphatic hydroxyl groups is 1. The Hall–Kier alpha value is -1.51. The zero-order chi connectivity index (χ0) is 15.6. The van der Waals surface area contributed by atoms with E-state index in [9.17, 15) is 23.6 Å². The van der Waals surface area contributed by atoms with Crippen molar-refractivity contribution in [2.24, 2.45) is 0 Å². The van der Waals surface area contributed by atoms with E-state index in [1.165, 1.54) is 16.4 Å². The quantitative estimate of drug-likeness (QED) is 0.669. The third-order valence-corrected chi connectivity index (χ3v) is 5.72. The van der Waals surface area contributed by atoms with Gasteiger partial charge in [0.2, 0.25) is 10.0 Å². The van der Waals surface area contributed by atoms with Crippen molar-refractivity contribution in [1.29, 1.82) is 0 Å². The van der Waals surface area contributed by atoms with Crippen molar-refractivity contribution in [3.8, 4) is 0 Å². The molecule has 1 fully saturated rings. The number of sulfonamides is 1. The van der Waals surface area contributed by atoms with Gasteiger partial charge in [-0.05, 0) is 25.8 Å². The highest BCUT2D eigenvalue weighted by Crippen LogP contribution is 2.28. The van der Waals surface area contributed by atoms with Crippen LogP contribution in [0.25, 0.3) is 0 Å². The number of nitro benzene ring substituents is 1. The fraction of sp³-hybridized carbons (Fsp3) is 0.538.